The lowest BCUT2D eigenvalue weighted by Crippen LogP contribution is -2.47. The summed E-state index contributed by atoms with van der Waals surface area (Å²) in [6, 6.07) is 8.04. The van der Waals surface area contributed by atoms with E-state index in [0.29, 0.717) is 30.4 Å². The van der Waals surface area contributed by atoms with Crippen molar-refractivity contribution < 1.29 is 18.8 Å². The summed E-state index contributed by atoms with van der Waals surface area (Å²) in [5.41, 5.74) is -1.21. The van der Waals surface area contributed by atoms with Crippen molar-refractivity contribution in [2.24, 2.45) is 0 Å². The Bertz CT molecular complexity index is 983. The van der Waals surface area contributed by atoms with Crippen LogP contribution in [0.25, 0.3) is 11.0 Å². The first kappa shape index (κ1) is 19.6. The Hall–Kier alpha value is -3.16. The largest absolute Gasteiger partial charge is 0.422 e. The number of amides is 4. The molecule has 2 heterocycles. The third-order valence-electron chi connectivity index (χ3n) is 5.02. The van der Waals surface area contributed by atoms with Crippen molar-refractivity contribution in [1.82, 2.24) is 15.5 Å². The summed E-state index contributed by atoms with van der Waals surface area (Å²) in [5, 5.41) is 5.68. The van der Waals surface area contributed by atoms with Gasteiger partial charge in [-0.3, -0.25) is 14.9 Å². The Kier molecular flexibility index (Phi) is 5.48. The molecule has 1 fully saturated rings. The van der Waals surface area contributed by atoms with Gasteiger partial charge in [0, 0.05) is 18.5 Å². The van der Waals surface area contributed by atoms with Crippen LogP contribution in [0.3, 0.4) is 0 Å². The van der Waals surface area contributed by atoms with Crippen molar-refractivity contribution in [3.05, 3.63) is 46.3 Å². The maximum absolute atomic E-state index is 12.3. The molecular formula is C20H23N3O5. The molecule has 28 heavy (non-hydrogen) atoms. The summed E-state index contributed by atoms with van der Waals surface area (Å²) in [6.07, 6.45) is 1.78. The van der Waals surface area contributed by atoms with E-state index in [-0.39, 0.29) is 18.0 Å². The molecule has 0 radical (unpaired) electrons. The second kappa shape index (κ2) is 7.84. The van der Waals surface area contributed by atoms with Crippen LogP contribution < -0.4 is 16.3 Å². The molecule has 1 aliphatic heterocycles. The Morgan fingerprint density at radius 1 is 1.25 bits per heavy atom. The van der Waals surface area contributed by atoms with E-state index < -0.39 is 23.1 Å². The van der Waals surface area contributed by atoms with Gasteiger partial charge in [-0.15, -0.1) is 0 Å². The molecule has 1 saturated heterocycles. The fourth-order valence-corrected chi connectivity index (χ4v) is 3.48. The molecule has 2 aromatic rings. The van der Waals surface area contributed by atoms with Crippen molar-refractivity contribution in [3.63, 3.8) is 0 Å². The van der Waals surface area contributed by atoms with Gasteiger partial charge in [0.25, 0.3) is 11.8 Å². The lowest BCUT2D eigenvalue weighted by atomic mass is 9.94. The standard InChI is InChI=1S/C20H23N3O5/c1-3-9-20(2)18(26)22-19(27)23(20)11-6-10-21-16(24)14-12-13-7-4-5-8-15(13)28-17(14)25/h4-5,7-8,12H,3,6,9-11H2,1-2H3,(H,21,24)(H,22,26,27). The second-order valence-electron chi connectivity index (χ2n) is 7.03. The summed E-state index contributed by atoms with van der Waals surface area (Å²) >= 11 is 0. The lowest BCUT2D eigenvalue weighted by Gasteiger charge is -2.31. The summed E-state index contributed by atoms with van der Waals surface area (Å²) in [6.45, 7) is 4.27. The van der Waals surface area contributed by atoms with Crippen LogP contribution >= 0.6 is 0 Å². The minimum absolute atomic E-state index is 0.0661. The number of hydrogen-bond donors (Lipinski definition) is 2. The van der Waals surface area contributed by atoms with Crippen molar-refractivity contribution in [1.29, 1.82) is 0 Å². The van der Waals surface area contributed by atoms with Crippen LogP contribution in [0.5, 0.6) is 0 Å². The number of nitrogens with one attached hydrogen (secondary N) is 2. The number of carbonyl (C=O) groups is 3. The molecule has 2 N–H and O–H groups in total. The van der Waals surface area contributed by atoms with Gasteiger partial charge in [-0.05, 0) is 31.9 Å². The molecule has 1 aliphatic rings. The fraction of sp³-hybridized carbons (Fsp3) is 0.400. The van der Waals surface area contributed by atoms with E-state index in [2.05, 4.69) is 10.6 Å². The Labute approximate surface area is 161 Å². The summed E-state index contributed by atoms with van der Waals surface area (Å²) in [7, 11) is 0. The van der Waals surface area contributed by atoms with E-state index in [1.54, 1.807) is 31.2 Å². The van der Waals surface area contributed by atoms with Gasteiger partial charge in [0.1, 0.15) is 16.7 Å². The molecule has 148 valence electrons. The average molecular weight is 385 g/mol. The molecule has 8 nitrogen and oxygen atoms in total. The van der Waals surface area contributed by atoms with Crippen LogP contribution in [0, 0.1) is 0 Å². The summed E-state index contributed by atoms with van der Waals surface area (Å²) < 4.78 is 5.17. The van der Waals surface area contributed by atoms with Gasteiger partial charge >= 0.3 is 11.7 Å². The second-order valence-corrected chi connectivity index (χ2v) is 7.03. The number of hydrogen-bond acceptors (Lipinski definition) is 5. The number of fused-ring (bicyclic) bond motifs is 1. The van der Waals surface area contributed by atoms with E-state index in [4.69, 9.17) is 4.42 Å². The van der Waals surface area contributed by atoms with Gasteiger partial charge in [-0.25, -0.2) is 9.59 Å². The maximum atomic E-state index is 12.3. The number of benzene rings is 1. The Balaban J connectivity index is 1.60. The van der Waals surface area contributed by atoms with E-state index in [1.807, 2.05) is 6.92 Å². The number of rotatable bonds is 7. The Morgan fingerprint density at radius 2 is 2.00 bits per heavy atom. The normalized spacial score (nSPS) is 19.1. The first-order valence-corrected chi connectivity index (χ1v) is 9.31. The first-order valence-electron chi connectivity index (χ1n) is 9.31. The molecule has 8 heteroatoms. The molecule has 0 aliphatic carbocycles. The Morgan fingerprint density at radius 3 is 2.75 bits per heavy atom. The van der Waals surface area contributed by atoms with Gasteiger partial charge in [0.15, 0.2) is 0 Å². The summed E-state index contributed by atoms with van der Waals surface area (Å²) in [4.78, 5) is 50.0. The third-order valence-corrected chi connectivity index (χ3v) is 5.02. The zero-order valence-corrected chi connectivity index (χ0v) is 15.9. The van der Waals surface area contributed by atoms with Crippen molar-refractivity contribution in [2.45, 2.75) is 38.6 Å². The molecule has 1 aromatic carbocycles. The predicted molar refractivity (Wildman–Crippen MR) is 103 cm³/mol. The number of nitrogens with zero attached hydrogens (tertiary/aromatic N) is 1. The molecular weight excluding hydrogens is 362 g/mol. The molecule has 0 bridgehead atoms. The molecule has 0 spiro atoms. The molecule has 0 saturated carbocycles. The van der Waals surface area contributed by atoms with E-state index in [1.165, 1.54) is 11.0 Å². The quantitative estimate of drug-likeness (QED) is 0.431. The highest BCUT2D eigenvalue weighted by atomic mass is 16.4. The van der Waals surface area contributed by atoms with Crippen LogP contribution in [-0.4, -0.2) is 41.4 Å². The van der Waals surface area contributed by atoms with Gasteiger partial charge in [-0.1, -0.05) is 31.5 Å². The van der Waals surface area contributed by atoms with E-state index in [9.17, 15) is 19.2 Å². The zero-order valence-electron chi connectivity index (χ0n) is 15.9. The number of carbonyl (C=O) groups excluding carboxylic acids is 3. The SMILES string of the molecule is CCCC1(C)C(=O)NC(=O)N1CCCNC(=O)c1cc2ccccc2oc1=O. The molecule has 3 rings (SSSR count). The molecule has 1 unspecified atom stereocenters. The number of imide groups is 1. The third kappa shape index (κ3) is 3.62. The van der Waals surface area contributed by atoms with Crippen molar-refractivity contribution in [3.8, 4) is 0 Å². The minimum Gasteiger partial charge on any atom is -0.422 e. The van der Waals surface area contributed by atoms with Crippen LogP contribution in [0.2, 0.25) is 0 Å². The monoisotopic (exact) mass is 385 g/mol. The number of para-hydroxylation sites is 1. The average Bonchev–Trinajstić information content (AvgIpc) is 2.87. The molecule has 4 amide bonds. The van der Waals surface area contributed by atoms with E-state index >= 15 is 0 Å². The number of urea groups is 1. The zero-order chi connectivity index (χ0) is 20.3. The van der Waals surface area contributed by atoms with Crippen LogP contribution in [0.15, 0.2) is 39.5 Å². The van der Waals surface area contributed by atoms with Crippen molar-refractivity contribution in [2.75, 3.05) is 13.1 Å². The van der Waals surface area contributed by atoms with Gasteiger partial charge in [-0.2, -0.15) is 0 Å². The highest BCUT2D eigenvalue weighted by molar-refractivity contribution is 6.06. The predicted octanol–water partition coefficient (Wildman–Crippen LogP) is 2.02. The minimum atomic E-state index is -0.866. The van der Waals surface area contributed by atoms with Crippen LogP contribution in [-0.2, 0) is 4.79 Å². The highest BCUT2D eigenvalue weighted by Gasteiger charge is 2.47. The van der Waals surface area contributed by atoms with Crippen LogP contribution in [0.4, 0.5) is 4.79 Å². The smallest absolute Gasteiger partial charge is 0.349 e. The summed E-state index contributed by atoms with van der Waals surface area (Å²) in [5.74, 6) is -0.824. The fourth-order valence-electron chi connectivity index (χ4n) is 3.48. The van der Waals surface area contributed by atoms with Crippen LogP contribution in [0.1, 0.15) is 43.5 Å². The van der Waals surface area contributed by atoms with Crippen molar-refractivity contribution >= 4 is 28.8 Å². The highest BCUT2D eigenvalue weighted by Crippen LogP contribution is 2.26. The maximum Gasteiger partial charge on any atom is 0.349 e. The van der Waals surface area contributed by atoms with Gasteiger partial charge in [0.2, 0.25) is 0 Å². The molecule has 1 atom stereocenters. The van der Waals surface area contributed by atoms with E-state index in [0.717, 1.165) is 6.42 Å². The lowest BCUT2D eigenvalue weighted by molar-refractivity contribution is -0.126. The van der Waals surface area contributed by atoms with Gasteiger partial charge < -0.3 is 14.6 Å². The molecule has 1 aromatic heterocycles. The topological polar surface area (TPSA) is 109 Å². The van der Waals surface area contributed by atoms with Gasteiger partial charge in [0.05, 0.1) is 0 Å². The first-order chi connectivity index (χ1) is 13.4.